The molecule has 0 heterocycles. The monoisotopic (exact) mass is 253 g/mol. The van der Waals surface area contributed by atoms with Crippen molar-refractivity contribution in [3.05, 3.63) is 29.8 Å². The van der Waals surface area contributed by atoms with Crippen molar-refractivity contribution in [2.24, 2.45) is 0 Å². The zero-order chi connectivity index (χ0) is 12.7. The first-order valence-corrected chi connectivity index (χ1v) is 6.81. The van der Waals surface area contributed by atoms with E-state index in [1.807, 2.05) is 0 Å². The van der Waals surface area contributed by atoms with Gasteiger partial charge in [-0.25, -0.2) is 0 Å². The summed E-state index contributed by atoms with van der Waals surface area (Å²) in [4.78, 5) is 14.0. The van der Waals surface area contributed by atoms with Gasteiger partial charge < -0.3 is 10.2 Å². The SMILES string of the molecule is Cc1ccc(SCC(=O)NCC[NH+](C)C)cc1. The lowest BCUT2D eigenvalue weighted by molar-refractivity contribution is -0.856. The Hall–Kier alpha value is -1.00. The molecular formula is C13H21N2OS+. The van der Waals surface area contributed by atoms with Gasteiger partial charge in [-0.2, -0.15) is 0 Å². The molecule has 1 rings (SSSR count). The predicted octanol–water partition coefficient (Wildman–Crippen LogP) is 0.348. The number of thioether (sulfide) groups is 1. The van der Waals surface area contributed by atoms with Gasteiger partial charge in [-0.3, -0.25) is 4.79 Å². The Morgan fingerprint density at radius 2 is 1.94 bits per heavy atom. The molecule has 0 atom stereocenters. The molecule has 0 saturated carbocycles. The normalized spacial score (nSPS) is 10.6. The number of likely N-dealkylation sites (N-methyl/N-ethyl adjacent to an activating group) is 1. The first-order valence-electron chi connectivity index (χ1n) is 5.83. The molecule has 2 N–H and O–H groups in total. The minimum atomic E-state index is 0.108. The Morgan fingerprint density at radius 3 is 2.53 bits per heavy atom. The number of hydrogen-bond acceptors (Lipinski definition) is 2. The van der Waals surface area contributed by atoms with E-state index >= 15 is 0 Å². The molecule has 17 heavy (non-hydrogen) atoms. The maximum atomic E-state index is 11.5. The largest absolute Gasteiger partial charge is 0.350 e. The van der Waals surface area contributed by atoms with E-state index in [1.165, 1.54) is 10.5 Å². The molecule has 1 aromatic carbocycles. The van der Waals surface area contributed by atoms with Gasteiger partial charge in [-0.15, -0.1) is 11.8 Å². The van der Waals surface area contributed by atoms with E-state index in [4.69, 9.17) is 0 Å². The van der Waals surface area contributed by atoms with E-state index in [2.05, 4.69) is 50.6 Å². The number of aryl methyl sites for hydroxylation is 1. The molecule has 0 aromatic heterocycles. The van der Waals surface area contributed by atoms with Gasteiger partial charge in [0.2, 0.25) is 5.91 Å². The predicted molar refractivity (Wildman–Crippen MR) is 72.6 cm³/mol. The number of benzene rings is 1. The molecule has 0 aliphatic carbocycles. The minimum absolute atomic E-state index is 0.108. The second-order valence-corrected chi connectivity index (χ2v) is 5.46. The van der Waals surface area contributed by atoms with Gasteiger partial charge in [0, 0.05) is 4.90 Å². The van der Waals surface area contributed by atoms with Crippen LogP contribution in [0.25, 0.3) is 0 Å². The van der Waals surface area contributed by atoms with Crippen molar-refractivity contribution < 1.29 is 9.69 Å². The van der Waals surface area contributed by atoms with Crippen molar-refractivity contribution in [3.8, 4) is 0 Å². The zero-order valence-corrected chi connectivity index (χ0v) is 11.6. The molecule has 1 aromatic rings. The van der Waals surface area contributed by atoms with Gasteiger partial charge in [0.1, 0.15) is 0 Å². The number of carbonyl (C=O) groups is 1. The Labute approximate surface area is 108 Å². The van der Waals surface area contributed by atoms with Gasteiger partial charge in [0.05, 0.1) is 32.9 Å². The standard InChI is InChI=1S/C13H20N2OS/c1-11-4-6-12(7-5-11)17-10-13(16)14-8-9-15(2)3/h4-7H,8-10H2,1-3H3,(H,14,16)/p+1. The molecule has 0 spiro atoms. The third-order valence-corrected chi connectivity index (χ3v) is 3.35. The van der Waals surface area contributed by atoms with Gasteiger partial charge in [-0.05, 0) is 19.1 Å². The first kappa shape index (κ1) is 14.1. The van der Waals surface area contributed by atoms with E-state index in [1.54, 1.807) is 11.8 Å². The molecule has 4 heteroatoms. The van der Waals surface area contributed by atoms with Crippen LogP contribution in [0.3, 0.4) is 0 Å². The minimum Gasteiger partial charge on any atom is -0.350 e. The Kier molecular flexibility index (Phi) is 6.08. The highest BCUT2D eigenvalue weighted by Gasteiger charge is 2.03. The fourth-order valence-corrected chi connectivity index (χ4v) is 2.01. The summed E-state index contributed by atoms with van der Waals surface area (Å²) in [6.45, 7) is 3.77. The third-order valence-electron chi connectivity index (χ3n) is 2.34. The first-order chi connectivity index (χ1) is 8.08. The van der Waals surface area contributed by atoms with Crippen LogP contribution in [0, 0.1) is 6.92 Å². The molecule has 1 amide bonds. The molecular weight excluding hydrogens is 232 g/mol. The fraction of sp³-hybridized carbons (Fsp3) is 0.462. The van der Waals surface area contributed by atoms with Crippen LogP contribution in [0.2, 0.25) is 0 Å². The lowest BCUT2D eigenvalue weighted by Crippen LogP contribution is -3.06. The van der Waals surface area contributed by atoms with Gasteiger partial charge in [0.25, 0.3) is 0 Å². The van der Waals surface area contributed by atoms with Crippen LogP contribution in [0.5, 0.6) is 0 Å². The number of amides is 1. The van der Waals surface area contributed by atoms with Crippen LogP contribution in [-0.2, 0) is 4.79 Å². The Morgan fingerprint density at radius 1 is 1.29 bits per heavy atom. The molecule has 3 nitrogen and oxygen atoms in total. The van der Waals surface area contributed by atoms with Crippen molar-refractivity contribution >= 4 is 17.7 Å². The summed E-state index contributed by atoms with van der Waals surface area (Å²) in [7, 11) is 4.15. The summed E-state index contributed by atoms with van der Waals surface area (Å²) in [5.41, 5.74) is 1.24. The lowest BCUT2D eigenvalue weighted by Gasteiger charge is -2.08. The maximum Gasteiger partial charge on any atom is 0.230 e. The number of nitrogens with one attached hydrogen (secondary N) is 2. The molecule has 0 saturated heterocycles. The van der Waals surface area contributed by atoms with Crippen molar-refractivity contribution in [1.29, 1.82) is 0 Å². The third kappa shape index (κ3) is 6.34. The van der Waals surface area contributed by atoms with Crippen LogP contribution in [0.15, 0.2) is 29.2 Å². The van der Waals surface area contributed by atoms with Crippen LogP contribution in [0.4, 0.5) is 0 Å². The zero-order valence-electron chi connectivity index (χ0n) is 10.7. The van der Waals surface area contributed by atoms with Crippen LogP contribution in [-0.4, -0.2) is 38.8 Å². The van der Waals surface area contributed by atoms with Crippen molar-refractivity contribution in [3.63, 3.8) is 0 Å². The summed E-state index contributed by atoms with van der Waals surface area (Å²) in [6.07, 6.45) is 0. The second kappa shape index (κ2) is 7.35. The van der Waals surface area contributed by atoms with Crippen LogP contribution < -0.4 is 10.2 Å². The number of hydrogen-bond donors (Lipinski definition) is 2. The molecule has 0 radical (unpaired) electrons. The summed E-state index contributed by atoms with van der Waals surface area (Å²) in [5, 5.41) is 2.92. The smallest absolute Gasteiger partial charge is 0.230 e. The van der Waals surface area contributed by atoms with E-state index in [9.17, 15) is 4.79 Å². The summed E-state index contributed by atoms with van der Waals surface area (Å²) < 4.78 is 0. The van der Waals surface area contributed by atoms with Crippen LogP contribution >= 0.6 is 11.8 Å². The number of carbonyl (C=O) groups excluding carboxylic acids is 1. The molecule has 94 valence electrons. The highest BCUT2D eigenvalue weighted by Crippen LogP contribution is 2.17. The topological polar surface area (TPSA) is 33.5 Å². The molecule has 0 aliphatic heterocycles. The highest BCUT2D eigenvalue weighted by atomic mass is 32.2. The Bertz CT molecular complexity index is 349. The van der Waals surface area contributed by atoms with Gasteiger partial charge >= 0.3 is 0 Å². The second-order valence-electron chi connectivity index (χ2n) is 4.41. The van der Waals surface area contributed by atoms with Crippen LogP contribution in [0.1, 0.15) is 5.56 Å². The van der Waals surface area contributed by atoms with E-state index in [-0.39, 0.29) is 5.91 Å². The quantitative estimate of drug-likeness (QED) is 0.717. The molecule has 0 bridgehead atoms. The summed E-state index contributed by atoms with van der Waals surface area (Å²) in [6, 6.07) is 8.24. The lowest BCUT2D eigenvalue weighted by atomic mass is 10.2. The van der Waals surface area contributed by atoms with E-state index in [0.717, 1.165) is 18.0 Å². The number of quaternary nitrogens is 1. The van der Waals surface area contributed by atoms with Crippen molar-refractivity contribution in [1.82, 2.24) is 5.32 Å². The number of rotatable bonds is 6. The van der Waals surface area contributed by atoms with Gasteiger partial charge in [0.15, 0.2) is 0 Å². The molecule has 0 aliphatic rings. The van der Waals surface area contributed by atoms with Gasteiger partial charge in [-0.1, -0.05) is 17.7 Å². The highest BCUT2D eigenvalue weighted by molar-refractivity contribution is 8.00. The van der Waals surface area contributed by atoms with E-state index in [0.29, 0.717) is 5.75 Å². The molecule has 0 unspecified atom stereocenters. The summed E-state index contributed by atoms with van der Waals surface area (Å²) >= 11 is 1.58. The Balaban J connectivity index is 2.21. The maximum absolute atomic E-state index is 11.5. The molecule has 0 fully saturated rings. The summed E-state index contributed by atoms with van der Waals surface area (Å²) in [5.74, 6) is 0.600. The van der Waals surface area contributed by atoms with E-state index < -0.39 is 0 Å². The fourth-order valence-electron chi connectivity index (χ4n) is 1.29. The average molecular weight is 253 g/mol. The van der Waals surface area contributed by atoms with Crippen molar-refractivity contribution in [2.45, 2.75) is 11.8 Å². The average Bonchev–Trinajstić information content (AvgIpc) is 2.28. The van der Waals surface area contributed by atoms with Crippen molar-refractivity contribution in [2.75, 3.05) is 32.9 Å².